The van der Waals surface area contributed by atoms with E-state index in [4.69, 9.17) is 4.42 Å². The Balaban J connectivity index is 2.12. The Hall–Kier alpha value is -0.940. The van der Waals surface area contributed by atoms with Gasteiger partial charge in [-0.3, -0.25) is 4.79 Å². The van der Waals surface area contributed by atoms with Gasteiger partial charge in [0.25, 0.3) is 5.91 Å². The molecule has 0 aromatic carbocycles. The van der Waals surface area contributed by atoms with Crippen molar-refractivity contribution in [1.82, 2.24) is 10.2 Å². The molecule has 1 aromatic rings. The highest BCUT2D eigenvalue weighted by Crippen LogP contribution is 2.20. The van der Waals surface area contributed by atoms with Crippen molar-refractivity contribution < 1.29 is 9.21 Å². The van der Waals surface area contributed by atoms with Crippen molar-refractivity contribution in [2.24, 2.45) is 0 Å². The normalized spacial score (nSPS) is 16.2. The van der Waals surface area contributed by atoms with Gasteiger partial charge in [0.2, 0.25) is 0 Å². The van der Waals surface area contributed by atoms with E-state index in [2.05, 4.69) is 5.32 Å². The van der Waals surface area contributed by atoms with E-state index in [1.807, 2.05) is 24.1 Å². The molecule has 1 aromatic heterocycles. The molecule has 4 nitrogen and oxygen atoms in total. The number of carbonyl (C=O) groups excluding carboxylic acids is 1. The van der Waals surface area contributed by atoms with Crippen LogP contribution in [0.3, 0.4) is 0 Å². The third kappa shape index (κ3) is 2.84. The van der Waals surface area contributed by atoms with Gasteiger partial charge in [-0.25, -0.2) is 0 Å². The molecular formula is C12H18N2O2S. The molecule has 94 valence electrons. The van der Waals surface area contributed by atoms with Crippen molar-refractivity contribution in [2.75, 3.05) is 32.4 Å². The first kappa shape index (κ1) is 12.5. The van der Waals surface area contributed by atoms with E-state index in [0.717, 1.165) is 43.3 Å². The van der Waals surface area contributed by atoms with Crippen LogP contribution in [0.4, 0.5) is 0 Å². The molecule has 0 atom stereocenters. The SMILES string of the molecule is CSCc1cc(C)c(C(=O)N2CCNCC2)o1. The van der Waals surface area contributed by atoms with E-state index in [1.54, 1.807) is 11.8 Å². The molecule has 0 bridgehead atoms. The Morgan fingerprint density at radius 3 is 2.88 bits per heavy atom. The Morgan fingerprint density at radius 2 is 2.24 bits per heavy atom. The van der Waals surface area contributed by atoms with E-state index in [-0.39, 0.29) is 5.91 Å². The number of thioether (sulfide) groups is 1. The molecule has 0 spiro atoms. The van der Waals surface area contributed by atoms with Crippen molar-refractivity contribution in [2.45, 2.75) is 12.7 Å². The lowest BCUT2D eigenvalue weighted by Gasteiger charge is -2.26. The molecule has 1 fully saturated rings. The summed E-state index contributed by atoms with van der Waals surface area (Å²) in [5, 5.41) is 3.23. The molecule has 2 rings (SSSR count). The average molecular weight is 254 g/mol. The zero-order valence-corrected chi connectivity index (χ0v) is 11.1. The maximum absolute atomic E-state index is 12.2. The molecule has 0 saturated carbocycles. The second kappa shape index (κ2) is 5.60. The highest BCUT2D eigenvalue weighted by Gasteiger charge is 2.23. The molecule has 1 aliphatic heterocycles. The van der Waals surface area contributed by atoms with E-state index in [1.165, 1.54) is 0 Å². The number of furan rings is 1. The van der Waals surface area contributed by atoms with Crippen LogP contribution in [0.2, 0.25) is 0 Å². The standard InChI is InChI=1S/C12H18N2O2S/c1-9-7-10(8-17-2)16-11(9)12(15)14-5-3-13-4-6-14/h7,13H,3-6,8H2,1-2H3. The van der Waals surface area contributed by atoms with Crippen molar-refractivity contribution in [1.29, 1.82) is 0 Å². The number of rotatable bonds is 3. The zero-order chi connectivity index (χ0) is 12.3. The van der Waals surface area contributed by atoms with E-state index >= 15 is 0 Å². The molecule has 1 amide bonds. The molecule has 0 radical (unpaired) electrons. The molecule has 1 saturated heterocycles. The molecule has 0 aliphatic carbocycles. The minimum Gasteiger partial charge on any atom is -0.455 e. The molecule has 1 N–H and O–H groups in total. The smallest absolute Gasteiger partial charge is 0.289 e. The first-order chi connectivity index (χ1) is 8.22. The van der Waals surface area contributed by atoms with E-state index in [0.29, 0.717) is 5.76 Å². The van der Waals surface area contributed by atoms with Crippen LogP contribution in [-0.2, 0) is 5.75 Å². The maximum Gasteiger partial charge on any atom is 0.289 e. The summed E-state index contributed by atoms with van der Waals surface area (Å²) >= 11 is 1.70. The monoisotopic (exact) mass is 254 g/mol. The number of hydrogen-bond acceptors (Lipinski definition) is 4. The summed E-state index contributed by atoms with van der Waals surface area (Å²) in [4.78, 5) is 14.1. The fraction of sp³-hybridized carbons (Fsp3) is 0.583. The first-order valence-electron chi connectivity index (χ1n) is 5.80. The summed E-state index contributed by atoms with van der Waals surface area (Å²) in [6, 6.07) is 1.96. The highest BCUT2D eigenvalue weighted by molar-refractivity contribution is 7.97. The Kier molecular flexibility index (Phi) is 4.12. The summed E-state index contributed by atoms with van der Waals surface area (Å²) in [7, 11) is 0. The largest absolute Gasteiger partial charge is 0.455 e. The van der Waals surface area contributed by atoms with Gasteiger partial charge in [-0.1, -0.05) is 0 Å². The van der Waals surface area contributed by atoms with E-state index < -0.39 is 0 Å². The van der Waals surface area contributed by atoms with Gasteiger partial charge >= 0.3 is 0 Å². The lowest BCUT2D eigenvalue weighted by Crippen LogP contribution is -2.46. The van der Waals surface area contributed by atoms with Gasteiger partial charge in [-0.15, -0.1) is 0 Å². The van der Waals surface area contributed by atoms with Crippen molar-refractivity contribution in [3.63, 3.8) is 0 Å². The molecule has 5 heteroatoms. The average Bonchev–Trinajstić information content (AvgIpc) is 2.71. The van der Waals surface area contributed by atoms with Gasteiger partial charge in [0.15, 0.2) is 5.76 Å². The third-order valence-corrected chi connectivity index (χ3v) is 3.43. The predicted molar refractivity (Wildman–Crippen MR) is 69.4 cm³/mol. The number of hydrogen-bond donors (Lipinski definition) is 1. The maximum atomic E-state index is 12.2. The summed E-state index contributed by atoms with van der Waals surface area (Å²) in [6.07, 6.45) is 2.02. The minimum atomic E-state index is 0.0244. The highest BCUT2D eigenvalue weighted by atomic mass is 32.2. The molecule has 2 heterocycles. The van der Waals surface area contributed by atoms with Crippen LogP contribution < -0.4 is 5.32 Å². The molecule has 0 unspecified atom stereocenters. The van der Waals surface area contributed by atoms with Crippen LogP contribution in [-0.4, -0.2) is 43.2 Å². The summed E-state index contributed by atoms with van der Waals surface area (Å²) < 4.78 is 5.64. The predicted octanol–water partition coefficient (Wildman–Crippen LogP) is 1.50. The third-order valence-electron chi connectivity index (χ3n) is 2.85. The Bertz CT molecular complexity index is 397. The van der Waals surface area contributed by atoms with Crippen LogP contribution in [0.15, 0.2) is 10.5 Å². The Labute approximate surface area is 106 Å². The van der Waals surface area contributed by atoms with Crippen molar-refractivity contribution in [3.05, 3.63) is 23.2 Å². The number of nitrogens with one attached hydrogen (secondary N) is 1. The van der Waals surface area contributed by atoms with Gasteiger partial charge in [0, 0.05) is 31.7 Å². The van der Waals surface area contributed by atoms with Crippen LogP contribution in [0.25, 0.3) is 0 Å². The lowest BCUT2D eigenvalue weighted by molar-refractivity contribution is 0.0701. The number of nitrogens with zero attached hydrogens (tertiary/aromatic N) is 1. The quantitative estimate of drug-likeness (QED) is 0.888. The van der Waals surface area contributed by atoms with Gasteiger partial charge in [-0.05, 0) is 19.2 Å². The number of amides is 1. The minimum absolute atomic E-state index is 0.0244. The van der Waals surface area contributed by atoms with Gasteiger partial charge in [0.1, 0.15) is 5.76 Å². The van der Waals surface area contributed by atoms with Gasteiger partial charge < -0.3 is 14.6 Å². The zero-order valence-electron chi connectivity index (χ0n) is 10.3. The molecule has 1 aliphatic rings. The Morgan fingerprint density at radius 1 is 1.53 bits per heavy atom. The van der Waals surface area contributed by atoms with Crippen LogP contribution in [0.5, 0.6) is 0 Å². The summed E-state index contributed by atoms with van der Waals surface area (Å²) in [5.74, 6) is 2.23. The molecular weight excluding hydrogens is 236 g/mol. The van der Waals surface area contributed by atoms with Gasteiger partial charge in [0.05, 0.1) is 5.75 Å². The number of piperazine rings is 1. The van der Waals surface area contributed by atoms with Crippen molar-refractivity contribution >= 4 is 17.7 Å². The first-order valence-corrected chi connectivity index (χ1v) is 7.20. The summed E-state index contributed by atoms with van der Waals surface area (Å²) in [6.45, 7) is 5.18. The van der Waals surface area contributed by atoms with Crippen LogP contribution in [0.1, 0.15) is 21.9 Å². The van der Waals surface area contributed by atoms with Crippen LogP contribution >= 0.6 is 11.8 Å². The van der Waals surface area contributed by atoms with Gasteiger partial charge in [-0.2, -0.15) is 11.8 Å². The number of aryl methyl sites for hydroxylation is 1. The topological polar surface area (TPSA) is 45.5 Å². The van der Waals surface area contributed by atoms with E-state index in [9.17, 15) is 4.79 Å². The summed E-state index contributed by atoms with van der Waals surface area (Å²) in [5.41, 5.74) is 0.942. The second-order valence-electron chi connectivity index (χ2n) is 4.20. The fourth-order valence-electron chi connectivity index (χ4n) is 1.99. The van der Waals surface area contributed by atoms with Crippen LogP contribution in [0, 0.1) is 6.92 Å². The lowest BCUT2D eigenvalue weighted by atomic mass is 10.2. The van der Waals surface area contributed by atoms with Crippen molar-refractivity contribution in [3.8, 4) is 0 Å². The molecule has 17 heavy (non-hydrogen) atoms. The fourth-order valence-corrected chi connectivity index (χ4v) is 2.41. The number of carbonyl (C=O) groups is 1. The second-order valence-corrected chi connectivity index (χ2v) is 5.07.